The van der Waals surface area contributed by atoms with E-state index in [1.165, 1.54) is 0 Å². The summed E-state index contributed by atoms with van der Waals surface area (Å²) in [6.45, 7) is 3.42. The number of fused-ring (bicyclic) bond motifs is 1. The van der Waals surface area contributed by atoms with Crippen molar-refractivity contribution >= 4 is 6.08 Å². The molecule has 0 aromatic heterocycles. The zero-order chi connectivity index (χ0) is 9.80. The van der Waals surface area contributed by atoms with Gasteiger partial charge < -0.3 is 9.47 Å². The Labute approximate surface area is 84.2 Å². The van der Waals surface area contributed by atoms with Crippen LogP contribution in [0.2, 0.25) is 0 Å². The molecular weight excluding hydrogens is 176 g/mol. The van der Waals surface area contributed by atoms with Crippen molar-refractivity contribution in [2.45, 2.75) is 13.3 Å². The molecule has 0 unspecified atom stereocenters. The van der Waals surface area contributed by atoms with Crippen molar-refractivity contribution in [3.05, 3.63) is 29.8 Å². The van der Waals surface area contributed by atoms with Crippen molar-refractivity contribution in [2.75, 3.05) is 13.2 Å². The largest absolute Gasteiger partial charge is 0.486 e. The first-order valence-electron chi connectivity index (χ1n) is 4.96. The first kappa shape index (κ1) is 9.13. The van der Waals surface area contributed by atoms with E-state index >= 15 is 0 Å². The molecule has 0 amide bonds. The molecule has 1 aliphatic rings. The molecule has 1 aromatic carbocycles. The lowest BCUT2D eigenvalue weighted by Gasteiger charge is -2.18. The Bertz CT molecular complexity index is 342. The molecule has 74 valence electrons. The summed E-state index contributed by atoms with van der Waals surface area (Å²) in [6.07, 6.45) is 5.28. The summed E-state index contributed by atoms with van der Waals surface area (Å²) in [4.78, 5) is 0. The smallest absolute Gasteiger partial charge is 0.161 e. The first-order chi connectivity index (χ1) is 6.90. The molecule has 1 aromatic rings. The van der Waals surface area contributed by atoms with Gasteiger partial charge in [0.2, 0.25) is 0 Å². The summed E-state index contributed by atoms with van der Waals surface area (Å²) >= 11 is 0. The van der Waals surface area contributed by atoms with Crippen LogP contribution < -0.4 is 9.47 Å². The Morgan fingerprint density at radius 2 is 2.00 bits per heavy atom. The average Bonchev–Trinajstić information content (AvgIpc) is 2.26. The molecule has 0 radical (unpaired) electrons. The number of allylic oxidation sites excluding steroid dienone is 1. The van der Waals surface area contributed by atoms with E-state index in [0.29, 0.717) is 13.2 Å². The molecule has 2 heteroatoms. The van der Waals surface area contributed by atoms with Gasteiger partial charge in [-0.1, -0.05) is 25.1 Å². The van der Waals surface area contributed by atoms with Crippen LogP contribution in [0.15, 0.2) is 24.3 Å². The third-order valence-electron chi connectivity index (χ3n) is 2.11. The topological polar surface area (TPSA) is 18.5 Å². The molecule has 2 nitrogen and oxygen atoms in total. The van der Waals surface area contributed by atoms with E-state index in [0.717, 1.165) is 23.5 Å². The molecule has 0 saturated heterocycles. The van der Waals surface area contributed by atoms with Gasteiger partial charge in [-0.2, -0.15) is 0 Å². The lowest BCUT2D eigenvalue weighted by Crippen LogP contribution is -2.15. The van der Waals surface area contributed by atoms with Gasteiger partial charge in [0.15, 0.2) is 11.5 Å². The number of rotatable bonds is 2. The highest BCUT2D eigenvalue weighted by atomic mass is 16.6. The molecule has 0 spiro atoms. The maximum atomic E-state index is 5.49. The van der Waals surface area contributed by atoms with Crippen LogP contribution >= 0.6 is 0 Å². The van der Waals surface area contributed by atoms with Gasteiger partial charge >= 0.3 is 0 Å². The van der Waals surface area contributed by atoms with Crippen LogP contribution in [0.1, 0.15) is 18.9 Å². The SMILES string of the molecule is CCC=Cc1ccc2c(c1)OCCO2. The van der Waals surface area contributed by atoms with E-state index in [9.17, 15) is 0 Å². The molecule has 1 heterocycles. The Morgan fingerprint density at radius 3 is 2.79 bits per heavy atom. The second-order valence-corrected chi connectivity index (χ2v) is 3.21. The third-order valence-corrected chi connectivity index (χ3v) is 2.11. The fourth-order valence-electron chi connectivity index (χ4n) is 1.42. The highest BCUT2D eigenvalue weighted by Gasteiger charge is 2.10. The van der Waals surface area contributed by atoms with Crippen LogP contribution in [0.4, 0.5) is 0 Å². The van der Waals surface area contributed by atoms with Crippen molar-refractivity contribution < 1.29 is 9.47 Å². The van der Waals surface area contributed by atoms with Crippen LogP contribution in [0.3, 0.4) is 0 Å². The Balaban J connectivity index is 2.24. The van der Waals surface area contributed by atoms with Crippen molar-refractivity contribution in [3.8, 4) is 11.5 Å². The lowest BCUT2D eigenvalue weighted by atomic mass is 10.1. The minimum atomic E-state index is 0.647. The van der Waals surface area contributed by atoms with Gasteiger partial charge in [0.25, 0.3) is 0 Å². The standard InChI is InChI=1S/C12H14O2/c1-2-3-4-10-5-6-11-12(9-10)14-8-7-13-11/h3-6,9H,2,7-8H2,1H3. The quantitative estimate of drug-likeness (QED) is 0.714. The Morgan fingerprint density at radius 1 is 1.21 bits per heavy atom. The minimum Gasteiger partial charge on any atom is -0.486 e. The molecule has 0 aliphatic carbocycles. The fraction of sp³-hybridized carbons (Fsp3) is 0.333. The lowest BCUT2D eigenvalue weighted by molar-refractivity contribution is 0.171. The predicted octanol–water partition coefficient (Wildman–Crippen LogP) is 2.88. The molecule has 2 rings (SSSR count). The van der Waals surface area contributed by atoms with Gasteiger partial charge in [0.1, 0.15) is 13.2 Å². The second kappa shape index (κ2) is 4.18. The Hall–Kier alpha value is -1.44. The van der Waals surface area contributed by atoms with E-state index in [-0.39, 0.29) is 0 Å². The first-order valence-corrected chi connectivity index (χ1v) is 4.96. The van der Waals surface area contributed by atoms with Gasteiger partial charge in [-0.3, -0.25) is 0 Å². The molecular formula is C12H14O2. The monoisotopic (exact) mass is 190 g/mol. The van der Waals surface area contributed by atoms with E-state index in [1.54, 1.807) is 0 Å². The number of benzene rings is 1. The van der Waals surface area contributed by atoms with Gasteiger partial charge in [-0.05, 0) is 24.1 Å². The van der Waals surface area contributed by atoms with Gasteiger partial charge in [-0.25, -0.2) is 0 Å². The molecule has 1 aliphatic heterocycles. The van der Waals surface area contributed by atoms with Crippen molar-refractivity contribution in [1.29, 1.82) is 0 Å². The van der Waals surface area contributed by atoms with Crippen LogP contribution in [-0.2, 0) is 0 Å². The maximum Gasteiger partial charge on any atom is 0.161 e. The van der Waals surface area contributed by atoms with E-state index in [1.807, 2.05) is 18.2 Å². The Kier molecular flexibility index (Phi) is 2.73. The van der Waals surface area contributed by atoms with E-state index in [2.05, 4.69) is 19.1 Å². The summed E-state index contributed by atoms with van der Waals surface area (Å²) in [7, 11) is 0. The predicted molar refractivity (Wildman–Crippen MR) is 56.8 cm³/mol. The average molecular weight is 190 g/mol. The summed E-state index contributed by atoms with van der Waals surface area (Å²) in [5.74, 6) is 1.71. The van der Waals surface area contributed by atoms with Gasteiger partial charge in [-0.15, -0.1) is 0 Å². The number of ether oxygens (including phenoxy) is 2. The van der Waals surface area contributed by atoms with Crippen LogP contribution in [0.5, 0.6) is 11.5 Å². The minimum absolute atomic E-state index is 0.647. The normalized spacial score (nSPS) is 14.6. The van der Waals surface area contributed by atoms with E-state index in [4.69, 9.17) is 9.47 Å². The third kappa shape index (κ3) is 1.90. The fourth-order valence-corrected chi connectivity index (χ4v) is 1.42. The van der Waals surface area contributed by atoms with Crippen LogP contribution in [0, 0.1) is 0 Å². The zero-order valence-corrected chi connectivity index (χ0v) is 8.32. The molecule has 14 heavy (non-hydrogen) atoms. The summed E-state index contributed by atoms with van der Waals surface area (Å²) in [5.41, 5.74) is 1.16. The molecule has 0 N–H and O–H groups in total. The van der Waals surface area contributed by atoms with E-state index < -0.39 is 0 Å². The van der Waals surface area contributed by atoms with Crippen LogP contribution in [-0.4, -0.2) is 13.2 Å². The summed E-state index contributed by atoms with van der Waals surface area (Å²) < 4.78 is 10.9. The number of hydrogen-bond acceptors (Lipinski definition) is 2. The van der Waals surface area contributed by atoms with Crippen molar-refractivity contribution in [3.63, 3.8) is 0 Å². The van der Waals surface area contributed by atoms with Gasteiger partial charge in [0, 0.05) is 0 Å². The molecule has 0 fully saturated rings. The molecule has 0 atom stereocenters. The summed E-state index contributed by atoms with van der Waals surface area (Å²) in [5, 5.41) is 0. The zero-order valence-electron chi connectivity index (χ0n) is 8.32. The summed E-state index contributed by atoms with van der Waals surface area (Å²) in [6, 6.07) is 6.02. The maximum absolute atomic E-state index is 5.49. The number of hydrogen-bond donors (Lipinski definition) is 0. The second-order valence-electron chi connectivity index (χ2n) is 3.21. The highest BCUT2D eigenvalue weighted by Crippen LogP contribution is 2.30. The molecule has 0 bridgehead atoms. The molecule has 0 saturated carbocycles. The van der Waals surface area contributed by atoms with Crippen molar-refractivity contribution in [2.24, 2.45) is 0 Å². The van der Waals surface area contributed by atoms with Crippen LogP contribution in [0.25, 0.3) is 6.08 Å². The van der Waals surface area contributed by atoms with Crippen molar-refractivity contribution in [1.82, 2.24) is 0 Å². The highest BCUT2D eigenvalue weighted by molar-refractivity contribution is 5.56. The van der Waals surface area contributed by atoms with Gasteiger partial charge in [0.05, 0.1) is 0 Å².